The van der Waals surface area contributed by atoms with E-state index < -0.39 is 0 Å². The molecule has 1 heterocycles. The Morgan fingerprint density at radius 1 is 1.03 bits per heavy atom. The van der Waals surface area contributed by atoms with Gasteiger partial charge in [0.05, 0.1) is 13.7 Å². The van der Waals surface area contributed by atoms with E-state index in [4.69, 9.17) is 4.74 Å². The third-order valence-electron chi connectivity index (χ3n) is 5.68. The quantitative estimate of drug-likeness (QED) is 0.443. The number of aryl methyl sites for hydroxylation is 1. The van der Waals surface area contributed by atoms with Crippen molar-refractivity contribution in [3.63, 3.8) is 0 Å². The SMILES string of the molecule is COc1ccc(NC(=O)N(CC(=O)N(Cc2ccc(F)cc2)Cc2ccc(C)s2)C2CC2)cc1. The summed E-state index contributed by atoms with van der Waals surface area (Å²) < 4.78 is 18.5. The Labute approximate surface area is 203 Å². The lowest BCUT2D eigenvalue weighted by Gasteiger charge is -2.28. The molecule has 1 saturated carbocycles. The molecule has 8 heteroatoms. The number of amides is 3. The van der Waals surface area contributed by atoms with Crippen molar-refractivity contribution < 1.29 is 18.7 Å². The molecule has 3 aromatic rings. The van der Waals surface area contributed by atoms with E-state index in [0.29, 0.717) is 24.5 Å². The number of hydrogen-bond acceptors (Lipinski definition) is 4. The van der Waals surface area contributed by atoms with E-state index in [1.807, 2.05) is 19.1 Å². The molecule has 178 valence electrons. The second-order valence-corrected chi connectivity index (χ2v) is 9.78. The van der Waals surface area contributed by atoms with Gasteiger partial charge in [0.25, 0.3) is 0 Å². The number of benzene rings is 2. The van der Waals surface area contributed by atoms with Gasteiger partial charge in [0.15, 0.2) is 0 Å². The maximum absolute atomic E-state index is 13.4. The molecule has 1 aromatic heterocycles. The van der Waals surface area contributed by atoms with Crippen molar-refractivity contribution in [2.75, 3.05) is 19.0 Å². The average molecular weight is 482 g/mol. The summed E-state index contributed by atoms with van der Waals surface area (Å²) in [5.74, 6) is 0.241. The van der Waals surface area contributed by atoms with Gasteiger partial charge in [-0.1, -0.05) is 12.1 Å². The summed E-state index contributed by atoms with van der Waals surface area (Å²) in [6.45, 7) is 2.79. The first kappa shape index (κ1) is 23.8. The molecular weight excluding hydrogens is 453 g/mol. The molecule has 4 rings (SSSR count). The molecule has 3 amide bonds. The number of thiophene rings is 1. The number of carbonyl (C=O) groups is 2. The van der Waals surface area contributed by atoms with E-state index >= 15 is 0 Å². The molecule has 0 atom stereocenters. The monoisotopic (exact) mass is 481 g/mol. The van der Waals surface area contributed by atoms with Crippen molar-refractivity contribution in [1.82, 2.24) is 9.80 Å². The topological polar surface area (TPSA) is 61.9 Å². The maximum Gasteiger partial charge on any atom is 0.322 e. The van der Waals surface area contributed by atoms with Crippen LogP contribution in [0.2, 0.25) is 0 Å². The number of nitrogens with one attached hydrogen (secondary N) is 1. The minimum atomic E-state index is -0.314. The van der Waals surface area contributed by atoms with Gasteiger partial charge in [0.2, 0.25) is 5.91 Å². The molecule has 1 aliphatic carbocycles. The summed E-state index contributed by atoms with van der Waals surface area (Å²) in [6.07, 6.45) is 1.76. The molecule has 0 unspecified atom stereocenters. The normalized spacial score (nSPS) is 12.8. The summed E-state index contributed by atoms with van der Waals surface area (Å²) in [5, 5.41) is 2.89. The number of nitrogens with zero attached hydrogens (tertiary/aromatic N) is 2. The summed E-state index contributed by atoms with van der Waals surface area (Å²) >= 11 is 1.64. The van der Waals surface area contributed by atoms with Gasteiger partial charge in [-0.3, -0.25) is 4.79 Å². The minimum Gasteiger partial charge on any atom is -0.497 e. The molecule has 0 spiro atoms. The van der Waals surface area contributed by atoms with Gasteiger partial charge in [-0.15, -0.1) is 11.3 Å². The highest BCUT2D eigenvalue weighted by molar-refractivity contribution is 7.11. The van der Waals surface area contributed by atoms with Gasteiger partial charge >= 0.3 is 6.03 Å². The zero-order valence-electron chi connectivity index (χ0n) is 19.3. The van der Waals surface area contributed by atoms with E-state index in [9.17, 15) is 14.0 Å². The van der Waals surface area contributed by atoms with E-state index in [1.165, 1.54) is 17.0 Å². The van der Waals surface area contributed by atoms with Gasteiger partial charge in [0.1, 0.15) is 18.1 Å². The Hall–Kier alpha value is -3.39. The van der Waals surface area contributed by atoms with Gasteiger partial charge in [-0.25, -0.2) is 9.18 Å². The van der Waals surface area contributed by atoms with Crippen LogP contribution in [-0.2, 0) is 17.9 Å². The zero-order valence-corrected chi connectivity index (χ0v) is 20.1. The fourth-order valence-corrected chi connectivity index (χ4v) is 4.58. The molecule has 0 bridgehead atoms. The summed E-state index contributed by atoms with van der Waals surface area (Å²) in [4.78, 5) is 32.0. The lowest BCUT2D eigenvalue weighted by molar-refractivity contribution is -0.133. The standard InChI is InChI=1S/C26H28FN3O3S/c1-18-3-14-24(34-18)16-29(15-19-4-6-20(27)7-5-19)25(31)17-30(22-10-11-22)26(32)28-21-8-12-23(33-2)13-9-21/h3-9,12-14,22H,10-11,15-17H2,1-2H3,(H,28,32). The average Bonchev–Trinajstić information content (AvgIpc) is 3.59. The number of anilines is 1. The Morgan fingerprint density at radius 2 is 1.74 bits per heavy atom. The van der Waals surface area contributed by atoms with Crippen LogP contribution < -0.4 is 10.1 Å². The van der Waals surface area contributed by atoms with Crippen molar-refractivity contribution in [1.29, 1.82) is 0 Å². The van der Waals surface area contributed by atoms with Crippen LogP contribution in [0.25, 0.3) is 0 Å². The molecule has 1 fully saturated rings. The number of halogens is 1. The minimum absolute atomic E-state index is 0.0157. The zero-order chi connectivity index (χ0) is 24.1. The summed E-state index contributed by atoms with van der Waals surface area (Å²) in [6, 6.07) is 17.0. The van der Waals surface area contributed by atoms with Crippen molar-refractivity contribution >= 4 is 29.0 Å². The fraction of sp³-hybridized carbons (Fsp3) is 0.308. The summed E-state index contributed by atoms with van der Waals surface area (Å²) in [5.41, 5.74) is 1.48. The first-order valence-corrected chi connectivity index (χ1v) is 12.0. The number of ether oxygens (including phenoxy) is 1. The lowest BCUT2D eigenvalue weighted by atomic mass is 10.2. The Balaban J connectivity index is 1.47. The van der Waals surface area contributed by atoms with Crippen molar-refractivity contribution in [3.8, 4) is 5.75 Å². The number of rotatable bonds is 9. The van der Waals surface area contributed by atoms with Crippen LogP contribution >= 0.6 is 11.3 Å². The third kappa shape index (κ3) is 6.35. The molecule has 2 aromatic carbocycles. The van der Waals surface area contributed by atoms with Crippen LogP contribution in [0.3, 0.4) is 0 Å². The molecule has 34 heavy (non-hydrogen) atoms. The number of methoxy groups -OCH3 is 1. The van der Waals surface area contributed by atoms with Gasteiger partial charge in [0, 0.05) is 28.0 Å². The summed E-state index contributed by atoms with van der Waals surface area (Å²) in [7, 11) is 1.59. The molecule has 6 nitrogen and oxygen atoms in total. The van der Waals surface area contributed by atoms with Crippen LogP contribution in [0.1, 0.15) is 28.2 Å². The predicted octanol–water partition coefficient (Wildman–Crippen LogP) is 5.43. The largest absolute Gasteiger partial charge is 0.497 e. The molecule has 1 N–H and O–H groups in total. The van der Waals surface area contributed by atoms with Crippen molar-refractivity contribution in [3.05, 3.63) is 81.8 Å². The van der Waals surface area contributed by atoms with Gasteiger partial charge < -0.3 is 19.9 Å². The van der Waals surface area contributed by atoms with Crippen LogP contribution in [0.5, 0.6) is 5.75 Å². The lowest BCUT2D eigenvalue weighted by Crippen LogP contribution is -2.45. The Kier molecular flexibility index (Phi) is 7.47. The number of hydrogen-bond donors (Lipinski definition) is 1. The Bertz CT molecular complexity index is 1130. The van der Waals surface area contributed by atoms with Crippen molar-refractivity contribution in [2.45, 2.75) is 38.9 Å². The highest BCUT2D eigenvalue weighted by Gasteiger charge is 2.35. The Morgan fingerprint density at radius 3 is 2.32 bits per heavy atom. The maximum atomic E-state index is 13.4. The number of urea groups is 1. The number of carbonyl (C=O) groups excluding carboxylic acids is 2. The van der Waals surface area contributed by atoms with E-state index in [1.54, 1.807) is 64.6 Å². The smallest absolute Gasteiger partial charge is 0.322 e. The molecule has 0 radical (unpaired) electrons. The molecular formula is C26H28FN3O3S. The highest BCUT2D eigenvalue weighted by atomic mass is 32.1. The first-order valence-electron chi connectivity index (χ1n) is 11.2. The first-order chi connectivity index (χ1) is 16.4. The predicted molar refractivity (Wildman–Crippen MR) is 131 cm³/mol. The highest BCUT2D eigenvalue weighted by Crippen LogP contribution is 2.28. The molecule has 0 saturated heterocycles. The second-order valence-electron chi connectivity index (χ2n) is 8.41. The molecule has 1 aliphatic rings. The van der Waals surface area contributed by atoms with Crippen LogP contribution in [-0.4, -0.2) is 41.4 Å². The van der Waals surface area contributed by atoms with Gasteiger partial charge in [-0.2, -0.15) is 0 Å². The van der Waals surface area contributed by atoms with E-state index in [0.717, 1.165) is 23.3 Å². The van der Waals surface area contributed by atoms with Crippen LogP contribution in [0, 0.1) is 12.7 Å². The van der Waals surface area contributed by atoms with Crippen LogP contribution in [0.4, 0.5) is 14.9 Å². The second kappa shape index (κ2) is 10.7. The van der Waals surface area contributed by atoms with Gasteiger partial charge in [-0.05, 0) is 73.9 Å². The molecule has 0 aliphatic heterocycles. The fourth-order valence-electron chi connectivity index (χ4n) is 3.67. The van der Waals surface area contributed by atoms with E-state index in [-0.39, 0.29) is 30.3 Å². The van der Waals surface area contributed by atoms with Crippen LogP contribution in [0.15, 0.2) is 60.7 Å². The third-order valence-corrected chi connectivity index (χ3v) is 6.66. The van der Waals surface area contributed by atoms with E-state index in [2.05, 4.69) is 5.32 Å². The van der Waals surface area contributed by atoms with Crippen molar-refractivity contribution in [2.24, 2.45) is 0 Å².